The van der Waals surface area contributed by atoms with Gasteiger partial charge in [-0.05, 0) is 67.6 Å². The molecule has 2 atom stereocenters. The molecule has 0 fully saturated rings. The highest BCUT2D eigenvalue weighted by atomic mass is 127. The number of hydrogen-bond donors (Lipinski definition) is 0. The van der Waals surface area contributed by atoms with Gasteiger partial charge in [-0.3, -0.25) is 4.79 Å². The van der Waals surface area contributed by atoms with Gasteiger partial charge in [0.05, 0.1) is 10.9 Å². The lowest BCUT2D eigenvalue weighted by Gasteiger charge is -2.10. The maximum absolute atomic E-state index is 13.4. The number of ether oxygens (including phenoxy) is 3. The fourth-order valence-corrected chi connectivity index (χ4v) is 5.05. The Hall–Kier alpha value is -2.59. The summed E-state index contributed by atoms with van der Waals surface area (Å²) in [6.45, 7) is 1.46. The van der Waals surface area contributed by atoms with Gasteiger partial charge in [0.25, 0.3) is 0 Å². The fourth-order valence-electron chi connectivity index (χ4n) is 2.80. The van der Waals surface area contributed by atoms with Crippen molar-refractivity contribution in [2.75, 3.05) is 19.8 Å². The zero-order valence-corrected chi connectivity index (χ0v) is 20.9. The summed E-state index contributed by atoms with van der Waals surface area (Å²) < 4.78 is 28.7. The predicted octanol–water partition coefficient (Wildman–Crippen LogP) is 5.21. The van der Waals surface area contributed by atoms with E-state index in [1.54, 1.807) is 31.2 Å². The molecule has 3 rings (SSSR count). The minimum absolute atomic E-state index is 0.0117. The second-order valence-electron chi connectivity index (χ2n) is 6.84. The van der Waals surface area contributed by atoms with Crippen molar-refractivity contribution in [3.05, 3.63) is 84.7 Å². The van der Waals surface area contributed by atoms with Crippen LogP contribution in [0.5, 0.6) is 5.75 Å². The molecule has 0 aliphatic heterocycles. The van der Waals surface area contributed by atoms with Crippen molar-refractivity contribution in [3.8, 4) is 5.75 Å². The lowest BCUT2D eigenvalue weighted by molar-refractivity contribution is -0.152. The summed E-state index contributed by atoms with van der Waals surface area (Å²) in [6, 6.07) is 24.0. The Kier molecular flexibility index (Phi) is 9.56. The largest absolute Gasteiger partial charge is 0.482 e. The first-order valence-electron chi connectivity index (χ1n) is 10.2. The first-order valence-corrected chi connectivity index (χ1v) is 12.6. The molecule has 0 aromatic heterocycles. The molecule has 3 aromatic rings. The highest BCUT2D eigenvalue weighted by Gasteiger charge is 2.28. The van der Waals surface area contributed by atoms with Gasteiger partial charge in [0.2, 0.25) is 0 Å². The second kappa shape index (κ2) is 12.6. The average molecular weight is 581 g/mol. The van der Waals surface area contributed by atoms with E-state index in [1.807, 2.05) is 65.1 Å². The Morgan fingerprint density at radius 3 is 2.00 bits per heavy atom. The van der Waals surface area contributed by atoms with Crippen LogP contribution in [0.15, 0.2) is 93.5 Å². The Morgan fingerprint density at radius 2 is 1.39 bits per heavy atom. The van der Waals surface area contributed by atoms with Gasteiger partial charge in [0.1, 0.15) is 28.7 Å². The second-order valence-corrected chi connectivity index (χ2v) is 10.7. The molecule has 33 heavy (non-hydrogen) atoms. The van der Waals surface area contributed by atoms with Crippen LogP contribution in [-0.2, 0) is 30.0 Å². The van der Waals surface area contributed by atoms with E-state index < -0.39 is 16.9 Å². The van der Waals surface area contributed by atoms with Crippen LogP contribution in [0, 0.1) is 5.82 Å². The molecule has 2 unspecified atom stereocenters. The Morgan fingerprint density at radius 1 is 0.848 bits per heavy atom. The number of alkyl halides is 1. The molecule has 172 valence electrons. The van der Waals surface area contributed by atoms with Crippen LogP contribution in [0.4, 0.5) is 4.39 Å². The highest BCUT2D eigenvalue weighted by Crippen LogP contribution is 2.32. The number of carbonyl (C=O) groups excluding carboxylic acids is 2. The third-order valence-electron chi connectivity index (χ3n) is 4.36. The van der Waals surface area contributed by atoms with E-state index in [0.29, 0.717) is 5.75 Å². The molecule has 0 aliphatic rings. The maximum atomic E-state index is 13.4. The summed E-state index contributed by atoms with van der Waals surface area (Å²) in [5.41, 5.74) is 0. The van der Waals surface area contributed by atoms with E-state index in [4.69, 9.17) is 14.2 Å². The Bertz CT molecular complexity index is 1040. The zero-order valence-electron chi connectivity index (χ0n) is 17.9. The SMILES string of the molecule is CC(I)C(=O)OCCOC(=O)COc1ccc([S+](c2ccccc2)c2ccc(F)cc2)cc1. The average Bonchev–Trinajstić information content (AvgIpc) is 2.83. The van der Waals surface area contributed by atoms with Crippen LogP contribution in [0.3, 0.4) is 0 Å². The summed E-state index contributed by atoms with van der Waals surface area (Å²) in [5, 5.41) is 0. The van der Waals surface area contributed by atoms with Gasteiger partial charge in [-0.1, -0.05) is 40.8 Å². The van der Waals surface area contributed by atoms with E-state index in [2.05, 4.69) is 0 Å². The number of hydrogen-bond acceptors (Lipinski definition) is 5. The number of halogens is 2. The summed E-state index contributed by atoms with van der Waals surface area (Å²) >= 11 is 1.95. The molecule has 5 nitrogen and oxygen atoms in total. The molecule has 0 spiro atoms. The van der Waals surface area contributed by atoms with Crippen molar-refractivity contribution < 1.29 is 28.2 Å². The first kappa shape index (κ1) is 25.0. The van der Waals surface area contributed by atoms with Crippen molar-refractivity contribution in [2.45, 2.75) is 25.5 Å². The van der Waals surface area contributed by atoms with Crippen LogP contribution < -0.4 is 4.74 Å². The molecular weight excluding hydrogens is 558 g/mol. The van der Waals surface area contributed by atoms with Crippen molar-refractivity contribution in [3.63, 3.8) is 0 Å². The van der Waals surface area contributed by atoms with Crippen molar-refractivity contribution in [1.29, 1.82) is 0 Å². The summed E-state index contributed by atoms with van der Waals surface area (Å²) in [7, 11) is -0.413. The summed E-state index contributed by atoms with van der Waals surface area (Å²) in [4.78, 5) is 26.4. The van der Waals surface area contributed by atoms with E-state index in [1.165, 1.54) is 12.1 Å². The molecular formula is C25H23FIO5S+. The third kappa shape index (κ3) is 7.75. The number of benzene rings is 3. The van der Waals surface area contributed by atoms with Gasteiger partial charge in [-0.2, -0.15) is 0 Å². The Labute approximate surface area is 208 Å². The number of esters is 2. The molecule has 0 radical (unpaired) electrons. The Balaban J connectivity index is 1.59. The fraction of sp³-hybridized carbons (Fsp3) is 0.200. The van der Waals surface area contributed by atoms with E-state index in [-0.39, 0.29) is 35.5 Å². The van der Waals surface area contributed by atoms with E-state index in [9.17, 15) is 14.0 Å². The van der Waals surface area contributed by atoms with E-state index in [0.717, 1.165) is 14.7 Å². The minimum atomic E-state index is -0.548. The highest BCUT2D eigenvalue weighted by molar-refractivity contribution is 14.1. The molecule has 0 bridgehead atoms. The molecule has 0 heterocycles. The smallest absolute Gasteiger partial charge is 0.344 e. The first-order chi connectivity index (χ1) is 15.9. The minimum Gasteiger partial charge on any atom is -0.482 e. The molecule has 0 saturated heterocycles. The normalized spacial score (nSPS) is 12.5. The molecule has 8 heteroatoms. The van der Waals surface area contributed by atoms with Gasteiger partial charge in [-0.15, -0.1) is 0 Å². The number of rotatable bonds is 10. The van der Waals surface area contributed by atoms with Gasteiger partial charge >= 0.3 is 11.9 Å². The predicted molar refractivity (Wildman–Crippen MR) is 132 cm³/mol. The molecule has 0 N–H and O–H groups in total. The van der Waals surface area contributed by atoms with Gasteiger partial charge in [-0.25, -0.2) is 9.18 Å². The summed E-state index contributed by atoms with van der Waals surface area (Å²) in [5.74, 6) is -0.647. The van der Waals surface area contributed by atoms with Crippen LogP contribution in [0.25, 0.3) is 0 Å². The third-order valence-corrected chi connectivity index (χ3v) is 7.10. The molecule has 0 amide bonds. The monoisotopic (exact) mass is 581 g/mol. The van der Waals surface area contributed by atoms with Gasteiger partial charge < -0.3 is 14.2 Å². The number of carbonyl (C=O) groups is 2. The van der Waals surface area contributed by atoms with Crippen LogP contribution in [-0.4, -0.2) is 35.7 Å². The quantitative estimate of drug-likeness (QED) is 0.108. The topological polar surface area (TPSA) is 61.8 Å². The standard InChI is InChI=1S/C25H23FIO5S/c1-18(27)25(29)31-16-15-30-24(28)17-32-20-9-13-23(14-10-20)33(21-5-3-2-4-6-21)22-11-7-19(26)8-12-22/h2-14,18H,15-17H2,1H3/q+1. The molecule has 3 aromatic carbocycles. The van der Waals surface area contributed by atoms with Gasteiger partial charge in [0, 0.05) is 0 Å². The van der Waals surface area contributed by atoms with Crippen molar-refractivity contribution in [1.82, 2.24) is 0 Å². The lowest BCUT2D eigenvalue weighted by Crippen LogP contribution is -2.20. The van der Waals surface area contributed by atoms with Crippen molar-refractivity contribution in [2.24, 2.45) is 0 Å². The van der Waals surface area contributed by atoms with Crippen molar-refractivity contribution >= 4 is 45.4 Å². The van der Waals surface area contributed by atoms with Gasteiger partial charge in [0.15, 0.2) is 21.3 Å². The summed E-state index contributed by atoms with van der Waals surface area (Å²) in [6.07, 6.45) is 0. The van der Waals surface area contributed by atoms with Crippen LogP contribution in [0.2, 0.25) is 0 Å². The van der Waals surface area contributed by atoms with Crippen LogP contribution >= 0.6 is 22.6 Å². The zero-order chi connectivity index (χ0) is 23.6. The maximum Gasteiger partial charge on any atom is 0.344 e. The van der Waals surface area contributed by atoms with Crippen LogP contribution in [0.1, 0.15) is 6.92 Å². The molecule has 0 aliphatic carbocycles. The molecule has 0 saturated carbocycles. The lowest BCUT2D eigenvalue weighted by atomic mass is 10.3. The van der Waals surface area contributed by atoms with E-state index >= 15 is 0 Å².